The maximum Gasteiger partial charge on any atom is 0.330 e. The van der Waals surface area contributed by atoms with Crippen molar-refractivity contribution in [1.29, 1.82) is 0 Å². The highest BCUT2D eigenvalue weighted by Crippen LogP contribution is 2.54. The average molecular weight is 403 g/mol. The summed E-state index contributed by atoms with van der Waals surface area (Å²) < 4.78 is 5.39. The average Bonchev–Trinajstić information content (AvgIpc) is 3.26. The Morgan fingerprint density at radius 2 is 2.04 bits per heavy atom. The van der Waals surface area contributed by atoms with Gasteiger partial charge < -0.3 is 14.5 Å². The number of thioether (sulfide) groups is 1. The second kappa shape index (κ2) is 7.78. The van der Waals surface area contributed by atoms with Gasteiger partial charge in [-0.3, -0.25) is 9.59 Å². The first-order chi connectivity index (χ1) is 13.5. The summed E-state index contributed by atoms with van der Waals surface area (Å²) in [6.45, 7) is 2.51. The van der Waals surface area contributed by atoms with Gasteiger partial charge >= 0.3 is 5.97 Å². The smallest absolute Gasteiger partial charge is 0.330 e. The topological polar surface area (TPSA) is 66.9 Å². The minimum atomic E-state index is -0.633. The summed E-state index contributed by atoms with van der Waals surface area (Å²) in [6.07, 6.45) is 4.22. The van der Waals surface area contributed by atoms with Crippen LogP contribution < -0.4 is 0 Å². The standard InChI is InChI=1S/C21H26N2O4S/c1-15-7-5-6-12-22(15)19(25)13-27-20(26)17-14-28-21(11-10-18(24)23(17)21)16-8-3-2-4-9-16/h2-4,8-9,15,17H,5-7,10-14H2,1H3/t15-,17+,21+/m0/s1. The molecule has 3 aliphatic heterocycles. The first kappa shape index (κ1) is 19.3. The Morgan fingerprint density at radius 1 is 1.25 bits per heavy atom. The molecule has 7 heteroatoms. The predicted octanol–water partition coefficient (Wildman–Crippen LogP) is 2.52. The Labute approximate surface area is 169 Å². The lowest BCUT2D eigenvalue weighted by Gasteiger charge is -2.34. The fourth-order valence-corrected chi connectivity index (χ4v) is 6.23. The van der Waals surface area contributed by atoms with Gasteiger partial charge in [0, 0.05) is 24.8 Å². The van der Waals surface area contributed by atoms with Crippen LogP contribution in [0.3, 0.4) is 0 Å². The number of hydrogen-bond donors (Lipinski definition) is 0. The number of rotatable bonds is 4. The Kier molecular flexibility index (Phi) is 5.36. The number of fused-ring (bicyclic) bond motifs is 1. The van der Waals surface area contributed by atoms with E-state index in [9.17, 15) is 14.4 Å². The molecule has 1 aromatic rings. The van der Waals surface area contributed by atoms with E-state index < -0.39 is 16.9 Å². The van der Waals surface area contributed by atoms with Crippen LogP contribution in [0, 0.1) is 0 Å². The highest BCUT2D eigenvalue weighted by molar-refractivity contribution is 8.00. The van der Waals surface area contributed by atoms with E-state index in [1.807, 2.05) is 37.3 Å². The molecule has 28 heavy (non-hydrogen) atoms. The molecule has 3 atom stereocenters. The molecule has 0 aromatic heterocycles. The zero-order chi connectivity index (χ0) is 19.7. The Balaban J connectivity index is 1.44. The lowest BCUT2D eigenvalue weighted by atomic mass is 10.0. The summed E-state index contributed by atoms with van der Waals surface area (Å²) in [5, 5.41) is 0. The van der Waals surface area contributed by atoms with Gasteiger partial charge in [0.05, 0.1) is 0 Å². The van der Waals surface area contributed by atoms with Crippen LogP contribution in [0.25, 0.3) is 0 Å². The van der Waals surface area contributed by atoms with Crippen LogP contribution >= 0.6 is 11.8 Å². The van der Waals surface area contributed by atoms with Crippen LogP contribution in [-0.2, 0) is 24.0 Å². The third-order valence-electron chi connectivity index (χ3n) is 6.09. The van der Waals surface area contributed by atoms with E-state index >= 15 is 0 Å². The van der Waals surface area contributed by atoms with Crippen molar-refractivity contribution in [3.05, 3.63) is 35.9 Å². The Hall–Kier alpha value is -2.02. The summed E-state index contributed by atoms with van der Waals surface area (Å²) in [5.74, 6) is -0.146. The molecular weight excluding hydrogens is 376 g/mol. The summed E-state index contributed by atoms with van der Waals surface area (Å²) in [5.41, 5.74) is 1.04. The van der Waals surface area contributed by atoms with Crippen molar-refractivity contribution in [3.63, 3.8) is 0 Å². The number of amides is 2. The maximum absolute atomic E-state index is 12.8. The van der Waals surface area contributed by atoms with E-state index in [1.165, 1.54) is 0 Å². The summed E-state index contributed by atoms with van der Waals surface area (Å²) in [7, 11) is 0. The van der Waals surface area contributed by atoms with Crippen LogP contribution in [0.4, 0.5) is 0 Å². The highest BCUT2D eigenvalue weighted by atomic mass is 32.2. The summed E-state index contributed by atoms with van der Waals surface area (Å²) >= 11 is 1.63. The van der Waals surface area contributed by atoms with E-state index in [-0.39, 0.29) is 24.5 Å². The molecule has 6 nitrogen and oxygen atoms in total. The van der Waals surface area contributed by atoms with Gasteiger partial charge in [0.25, 0.3) is 5.91 Å². The lowest BCUT2D eigenvalue weighted by Crippen LogP contribution is -2.48. The van der Waals surface area contributed by atoms with Crippen LogP contribution in [0.5, 0.6) is 0 Å². The van der Waals surface area contributed by atoms with E-state index in [0.717, 1.165) is 31.4 Å². The highest BCUT2D eigenvalue weighted by Gasteiger charge is 2.57. The zero-order valence-corrected chi connectivity index (χ0v) is 17.0. The molecule has 3 saturated heterocycles. The van der Waals surface area contributed by atoms with Crippen molar-refractivity contribution >= 4 is 29.5 Å². The second-order valence-corrected chi connectivity index (χ2v) is 9.08. The van der Waals surface area contributed by atoms with Gasteiger partial charge in [-0.15, -0.1) is 11.8 Å². The van der Waals surface area contributed by atoms with Gasteiger partial charge in [0.1, 0.15) is 10.9 Å². The fourth-order valence-electron chi connectivity index (χ4n) is 4.60. The molecule has 0 unspecified atom stereocenters. The first-order valence-electron chi connectivity index (χ1n) is 10.0. The molecule has 0 radical (unpaired) electrons. The Bertz CT molecular complexity index is 771. The molecule has 1 aromatic carbocycles. The number of ether oxygens (including phenoxy) is 1. The molecule has 3 fully saturated rings. The van der Waals surface area contributed by atoms with Crippen molar-refractivity contribution in [3.8, 4) is 0 Å². The third-order valence-corrected chi connectivity index (χ3v) is 7.68. The van der Waals surface area contributed by atoms with Crippen molar-refractivity contribution in [2.75, 3.05) is 18.9 Å². The minimum absolute atomic E-state index is 0.0215. The van der Waals surface area contributed by atoms with Crippen LogP contribution in [0.1, 0.15) is 44.6 Å². The Morgan fingerprint density at radius 3 is 2.79 bits per heavy atom. The summed E-state index contributed by atoms with van der Waals surface area (Å²) in [4.78, 5) is 40.9. The van der Waals surface area contributed by atoms with E-state index in [4.69, 9.17) is 4.74 Å². The molecule has 0 spiro atoms. The fraction of sp³-hybridized carbons (Fsp3) is 0.571. The molecule has 0 saturated carbocycles. The lowest BCUT2D eigenvalue weighted by molar-refractivity contribution is -0.159. The second-order valence-electron chi connectivity index (χ2n) is 7.78. The number of likely N-dealkylation sites (tertiary alicyclic amines) is 1. The molecule has 2 amide bonds. The normalized spacial score (nSPS) is 29.7. The molecule has 0 aliphatic carbocycles. The van der Waals surface area contributed by atoms with Crippen LogP contribution in [-0.4, -0.2) is 58.6 Å². The van der Waals surface area contributed by atoms with E-state index in [1.54, 1.807) is 21.6 Å². The van der Waals surface area contributed by atoms with Gasteiger partial charge in [-0.1, -0.05) is 30.3 Å². The van der Waals surface area contributed by atoms with Gasteiger partial charge in [0.15, 0.2) is 6.61 Å². The number of carbonyl (C=O) groups excluding carboxylic acids is 3. The third kappa shape index (κ3) is 3.30. The number of piperidine rings is 1. The van der Waals surface area contributed by atoms with Crippen LogP contribution in [0.15, 0.2) is 30.3 Å². The number of esters is 1. The molecule has 3 aliphatic rings. The van der Waals surface area contributed by atoms with E-state index in [0.29, 0.717) is 18.6 Å². The molecular formula is C21H26N2O4S. The molecule has 0 bridgehead atoms. The van der Waals surface area contributed by atoms with Crippen molar-refractivity contribution < 1.29 is 19.1 Å². The monoisotopic (exact) mass is 402 g/mol. The van der Waals surface area contributed by atoms with Crippen molar-refractivity contribution in [2.24, 2.45) is 0 Å². The molecule has 4 rings (SSSR count). The number of benzene rings is 1. The largest absolute Gasteiger partial charge is 0.454 e. The van der Waals surface area contributed by atoms with Crippen molar-refractivity contribution in [2.45, 2.75) is 56.0 Å². The quantitative estimate of drug-likeness (QED) is 0.724. The van der Waals surface area contributed by atoms with Gasteiger partial charge in [-0.2, -0.15) is 0 Å². The minimum Gasteiger partial charge on any atom is -0.454 e. The van der Waals surface area contributed by atoms with Gasteiger partial charge in [-0.05, 0) is 38.2 Å². The first-order valence-corrected chi connectivity index (χ1v) is 11.0. The van der Waals surface area contributed by atoms with Gasteiger partial charge in [-0.25, -0.2) is 4.79 Å². The van der Waals surface area contributed by atoms with Crippen LogP contribution in [0.2, 0.25) is 0 Å². The van der Waals surface area contributed by atoms with Crippen molar-refractivity contribution in [1.82, 2.24) is 9.80 Å². The number of nitrogens with zero attached hydrogens (tertiary/aromatic N) is 2. The maximum atomic E-state index is 12.8. The predicted molar refractivity (Wildman–Crippen MR) is 106 cm³/mol. The zero-order valence-electron chi connectivity index (χ0n) is 16.1. The molecule has 3 heterocycles. The number of carbonyl (C=O) groups is 3. The number of hydrogen-bond acceptors (Lipinski definition) is 5. The molecule has 0 N–H and O–H groups in total. The SMILES string of the molecule is C[C@H]1CCCCN1C(=O)COC(=O)[C@H]1CS[C@@]2(c3ccccc3)CCC(=O)N12. The molecule has 150 valence electrons. The summed E-state index contributed by atoms with van der Waals surface area (Å²) in [6, 6.07) is 9.42. The van der Waals surface area contributed by atoms with Gasteiger partial charge in [0.2, 0.25) is 5.91 Å². The van der Waals surface area contributed by atoms with E-state index in [2.05, 4.69) is 0 Å².